The summed E-state index contributed by atoms with van der Waals surface area (Å²) in [5.74, 6) is 1.25. The highest BCUT2D eigenvalue weighted by Crippen LogP contribution is 2.41. The molecule has 0 amide bonds. The van der Waals surface area contributed by atoms with E-state index in [1.165, 1.54) is 37.1 Å². The number of nitrogens with zero attached hydrogens (tertiary/aromatic N) is 2. The van der Waals surface area contributed by atoms with Gasteiger partial charge in [0.25, 0.3) is 0 Å². The lowest BCUT2D eigenvalue weighted by molar-refractivity contribution is 0.515. The summed E-state index contributed by atoms with van der Waals surface area (Å²) in [5, 5.41) is 15.0. The van der Waals surface area contributed by atoms with Gasteiger partial charge in [0.1, 0.15) is 5.54 Å². The molecule has 4 rings (SSSR count). The van der Waals surface area contributed by atoms with Gasteiger partial charge < -0.3 is 11.5 Å². The monoisotopic (exact) mass is 272 g/mol. The number of rotatable bonds is 5. The standard InChI is InChI=1S/C14H20N6/c15-7-14(16,12-5-10(17-19-12)8-1-2-8)13-6-11(18-20-13)9-3-4-9/h5-6,8-9H,1-4,7,15-16H2,(H,17,19)(H,18,20). The van der Waals surface area contributed by atoms with E-state index in [4.69, 9.17) is 11.5 Å². The summed E-state index contributed by atoms with van der Waals surface area (Å²) in [6.45, 7) is 0.289. The highest BCUT2D eigenvalue weighted by molar-refractivity contribution is 5.34. The minimum atomic E-state index is -0.812. The fourth-order valence-corrected chi connectivity index (χ4v) is 2.68. The van der Waals surface area contributed by atoms with Gasteiger partial charge in [-0.15, -0.1) is 0 Å². The van der Waals surface area contributed by atoms with Gasteiger partial charge in [-0.3, -0.25) is 10.2 Å². The summed E-state index contributed by atoms with van der Waals surface area (Å²) in [4.78, 5) is 0. The van der Waals surface area contributed by atoms with Crippen molar-refractivity contribution in [2.24, 2.45) is 11.5 Å². The van der Waals surface area contributed by atoms with Crippen molar-refractivity contribution in [3.05, 3.63) is 34.9 Å². The second-order valence-corrected chi connectivity index (χ2v) is 6.14. The number of H-pyrrole nitrogens is 2. The molecule has 0 unspecified atom stereocenters. The van der Waals surface area contributed by atoms with E-state index in [9.17, 15) is 0 Å². The first-order valence-electron chi connectivity index (χ1n) is 7.31. The van der Waals surface area contributed by atoms with Crippen LogP contribution in [0.5, 0.6) is 0 Å². The fourth-order valence-electron chi connectivity index (χ4n) is 2.68. The summed E-state index contributed by atoms with van der Waals surface area (Å²) in [7, 11) is 0. The quantitative estimate of drug-likeness (QED) is 0.652. The van der Waals surface area contributed by atoms with Crippen LogP contribution < -0.4 is 11.5 Å². The van der Waals surface area contributed by atoms with Gasteiger partial charge in [-0.25, -0.2) is 0 Å². The van der Waals surface area contributed by atoms with Crippen molar-refractivity contribution in [1.29, 1.82) is 0 Å². The van der Waals surface area contributed by atoms with Crippen molar-refractivity contribution >= 4 is 0 Å². The Kier molecular flexibility index (Phi) is 2.52. The first-order chi connectivity index (χ1) is 9.70. The zero-order chi connectivity index (χ0) is 13.7. The molecule has 2 saturated carbocycles. The zero-order valence-corrected chi connectivity index (χ0v) is 11.4. The minimum Gasteiger partial charge on any atom is -0.328 e. The van der Waals surface area contributed by atoms with Gasteiger partial charge in [0.2, 0.25) is 0 Å². The van der Waals surface area contributed by atoms with Crippen LogP contribution in [0.15, 0.2) is 12.1 Å². The van der Waals surface area contributed by atoms with Crippen LogP contribution in [0.2, 0.25) is 0 Å². The number of aromatic nitrogens is 4. The van der Waals surface area contributed by atoms with Gasteiger partial charge in [0.15, 0.2) is 0 Å². The van der Waals surface area contributed by atoms with E-state index in [1.807, 2.05) is 0 Å². The van der Waals surface area contributed by atoms with Gasteiger partial charge in [0, 0.05) is 29.8 Å². The molecule has 106 valence electrons. The number of aromatic amines is 2. The van der Waals surface area contributed by atoms with Gasteiger partial charge in [-0.05, 0) is 37.8 Å². The lowest BCUT2D eigenvalue weighted by Gasteiger charge is -2.23. The Balaban J connectivity index is 1.68. The minimum absolute atomic E-state index is 0.289. The molecule has 6 heteroatoms. The lowest BCUT2D eigenvalue weighted by atomic mass is 9.91. The molecule has 0 aliphatic heterocycles. The van der Waals surface area contributed by atoms with Crippen molar-refractivity contribution in [1.82, 2.24) is 20.4 Å². The normalized spacial score (nSPS) is 19.5. The van der Waals surface area contributed by atoms with Gasteiger partial charge in [-0.2, -0.15) is 10.2 Å². The van der Waals surface area contributed by atoms with E-state index in [-0.39, 0.29) is 6.54 Å². The second kappa shape index (κ2) is 4.17. The van der Waals surface area contributed by atoms with Crippen molar-refractivity contribution < 1.29 is 0 Å². The molecular formula is C14H20N6. The molecule has 2 aromatic rings. The Labute approximate surface area is 117 Å². The van der Waals surface area contributed by atoms with Crippen LogP contribution in [0.4, 0.5) is 0 Å². The van der Waals surface area contributed by atoms with E-state index < -0.39 is 5.54 Å². The summed E-state index contributed by atoms with van der Waals surface area (Å²) in [6, 6.07) is 4.10. The SMILES string of the molecule is NCC(N)(c1cc(C2CC2)[nH]n1)c1cc(C2CC2)[nH]n1. The maximum Gasteiger partial charge on any atom is 0.117 e. The van der Waals surface area contributed by atoms with Crippen molar-refractivity contribution in [2.45, 2.75) is 43.1 Å². The molecular weight excluding hydrogens is 252 g/mol. The Bertz CT molecular complexity index is 569. The molecule has 6 N–H and O–H groups in total. The maximum absolute atomic E-state index is 6.52. The Hall–Kier alpha value is -1.66. The van der Waals surface area contributed by atoms with Crippen LogP contribution in [-0.4, -0.2) is 26.9 Å². The average molecular weight is 272 g/mol. The molecule has 2 fully saturated rings. The Morgan fingerprint density at radius 3 is 1.80 bits per heavy atom. The summed E-state index contributed by atoms with van der Waals surface area (Å²) < 4.78 is 0. The third-order valence-corrected chi connectivity index (χ3v) is 4.47. The third kappa shape index (κ3) is 1.87. The van der Waals surface area contributed by atoms with Crippen molar-refractivity contribution in [3.63, 3.8) is 0 Å². The van der Waals surface area contributed by atoms with Crippen LogP contribution in [0, 0.1) is 0 Å². The number of hydrogen-bond acceptors (Lipinski definition) is 4. The van der Waals surface area contributed by atoms with Crippen LogP contribution in [-0.2, 0) is 5.54 Å². The Morgan fingerprint density at radius 1 is 1.00 bits per heavy atom. The zero-order valence-electron chi connectivity index (χ0n) is 11.4. The molecule has 2 aliphatic carbocycles. The molecule has 0 radical (unpaired) electrons. The van der Waals surface area contributed by atoms with Gasteiger partial charge >= 0.3 is 0 Å². The predicted molar refractivity (Wildman–Crippen MR) is 75.1 cm³/mol. The van der Waals surface area contributed by atoms with Gasteiger partial charge in [0.05, 0.1) is 11.4 Å². The maximum atomic E-state index is 6.52. The van der Waals surface area contributed by atoms with E-state index >= 15 is 0 Å². The molecule has 20 heavy (non-hydrogen) atoms. The van der Waals surface area contributed by atoms with E-state index in [0.29, 0.717) is 11.8 Å². The summed E-state index contributed by atoms with van der Waals surface area (Å²) in [5.41, 5.74) is 15.6. The Morgan fingerprint density at radius 2 is 1.45 bits per heavy atom. The largest absolute Gasteiger partial charge is 0.328 e. The predicted octanol–water partition coefficient (Wildman–Crippen LogP) is 1.05. The first kappa shape index (κ1) is 12.1. The van der Waals surface area contributed by atoms with E-state index in [1.54, 1.807) is 0 Å². The highest BCUT2D eigenvalue weighted by Gasteiger charge is 2.37. The molecule has 0 atom stereocenters. The second-order valence-electron chi connectivity index (χ2n) is 6.14. The third-order valence-electron chi connectivity index (χ3n) is 4.47. The fraction of sp³-hybridized carbons (Fsp3) is 0.571. The van der Waals surface area contributed by atoms with Gasteiger partial charge in [-0.1, -0.05) is 0 Å². The lowest BCUT2D eigenvalue weighted by Crippen LogP contribution is -2.45. The number of hydrogen-bond donors (Lipinski definition) is 4. The molecule has 0 aromatic carbocycles. The molecule has 2 heterocycles. The average Bonchev–Trinajstić information content (AvgIpc) is 3.40. The van der Waals surface area contributed by atoms with Crippen molar-refractivity contribution in [3.8, 4) is 0 Å². The van der Waals surface area contributed by atoms with Crippen LogP contribution >= 0.6 is 0 Å². The smallest absolute Gasteiger partial charge is 0.117 e. The summed E-state index contributed by atoms with van der Waals surface area (Å²) in [6.07, 6.45) is 4.93. The van der Waals surface area contributed by atoms with Crippen LogP contribution in [0.1, 0.15) is 60.3 Å². The van der Waals surface area contributed by atoms with Crippen LogP contribution in [0.3, 0.4) is 0 Å². The molecule has 2 aliphatic rings. The molecule has 0 bridgehead atoms. The summed E-state index contributed by atoms with van der Waals surface area (Å²) >= 11 is 0. The molecule has 6 nitrogen and oxygen atoms in total. The highest BCUT2D eigenvalue weighted by atomic mass is 15.2. The van der Waals surface area contributed by atoms with Crippen LogP contribution in [0.25, 0.3) is 0 Å². The molecule has 0 spiro atoms. The number of nitrogens with two attached hydrogens (primary N) is 2. The molecule has 2 aromatic heterocycles. The van der Waals surface area contributed by atoms with E-state index in [0.717, 1.165) is 11.4 Å². The topological polar surface area (TPSA) is 109 Å². The number of nitrogens with one attached hydrogen (secondary N) is 2. The van der Waals surface area contributed by atoms with Crippen molar-refractivity contribution in [2.75, 3.05) is 6.54 Å². The first-order valence-corrected chi connectivity index (χ1v) is 7.31. The molecule has 0 saturated heterocycles. The van der Waals surface area contributed by atoms with E-state index in [2.05, 4.69) is 32.5 Å².